The Labute approximate surface area is 201 Å². The number of carbonyl (C=O) groups excluding carboxylic acids is 2. The minimum absolute atomic E-state index is 0.0219. The van der Waals surface area contributed by atoms with E-state index < -0.39 is 24.3 Å². The Morgan fingerprint density at radius 2 is 2.15 bits per heavy atom. The van der Waals surface area contributed by atoms with Crippen LogP contribution in [0.3, 0.4) is 0 Å². The number of carbonyl (C=O) groups is 2. The topological polar surface area (TPSA) is 125 Å². The predicted molar refractivity (Wildman–Crippen MR) is 121 cm³/mol. The molecule has 0 saturated carbocycles. The van der Waals surface area contributed by atoms with Gasteiger partial charge in [0, 0.05) is 24.6 Å². The van der Waals surface area contributed by atoms with Gasteiger partial charge in [0.25, 0.3) is 5.91 Å². The summed E-state index contributed by atoms with van der Waals surface area (Å²) in [4.78, 5) is 40.2. The van der Waals surface area contributed by atoms with Gasteiger partial charge in [-0.25, -0.2) is 19.2 Å². The Hall–Kier alpha value is -2.83. The Balaban J connectivity index is 1.47. The molecule has 33 heavy (non-hydrogen) atoms. The van der Waals surface area contributed by atoms with Crippen LogP contribution >= 0.6 is 34.5 Å². The summed E-state index contributed by atoms with van der Waals surface area (Å²) < 4.78 is 24.8. The maximum atomic E-state index is 15.0. The van der Waals surface area contributed by atoms with Crippen molar-refractivity contribution in [1.82, 2.24) is 25.3 Å². The molecule has 4 heterocycles. The Morgan fingerprint density at radius 1 is 1.36 bits per heavy atom. The van der Waals surface area contributed by atoms with Gasteiger partial charge in [-0.2, -0.15) is 0 Å². The highest BCUT2D eigenvalue weighted by molar-refractivity contribution is 7.18. The third-order valence-electron chi connectivity index (χ3n) is 5.06. The zero-order valence-corrected chi connectivity index (χ0v) is 19.8. The fourth-order valence-corrected chi connectivity index (χ4v) is 4.73. The number of H-pyrrole nitrogens is 2. The van der Waals surface area contributed by atoms with Crippen LogP contribution in [0.2, 0.25) is 10.0 Å². The highest BCUT2D eigenvalue weighted by Crippen LogP contribution is 2.39. The third-order valence-corrected chi connectivity index (χ3v) is 7.00. The van der Waals surface area contributed by atoms with E-state index >= 15 is 4.39 Å². The van der Waals surface area contributed by atoms with E-state index in [9.17, 15) is 9.59 Å². The van der Waals surface area contributed by atoms with Crippen molar-refractivity contribution in [2.75, 3.05) is 25.1 Å². The van der Waals surface area contributed by atoms with Crippen molar-refractivity contribution in [2.24, 2.45) is 0 Å². The second-order valence-corrected chi connectivity index (χ2v) is 8.91. The minimum atomic E-state index is -1.38. The molecule has 0 radical (unpaired) electrons. The van der Waals surface area contributed by atoms with Gasteiger partial charge in [0.15, 0.2) is 16.6 Å². The number of halogens is 3. The third kappa shape index (κ3) is 4.77. The van der Waals surface area contributed by atoms with Crippen molar-refractivity contribution in [1.29, 1.82) is 0 Å². The summed E-state index contributed by atoms with van der Waals surface area (Å²) in [6.07, 6.45) is 1.18. The molecule has 0 bridgehead atoms. The quantitative estimate of drug-likeness (QED) is 0.438. The molecule has 176 valence electrons. The number of thiazole rings is 1. The number of aryl methyl sites for hydroxylation is 1. The smallest absolute Gasteiger partial charge is 0.437 e. The lowest BCUT2D eigenvalue weighted by molar-refractivity contribution is 0.0894. The lowest BCUT2D eigenvalue weighted by Crippen LogP contribution is -2.52. The first-order chi connectivity index (χ1) is 15.8. The number of nitrogens with zero attached hydrogens (tertiary/aromatic N) is 3. The average molecular weight is 517 g/mol. The van der Waals surface area contributed by atoms with Crippen LogP contribution in [0.5, 0.6) is 5.06 Å². The number of amides is 1. The number of rotatable bonds is 5. The molecule has 1 aliphatic rings. The zero-order chi connectivity index (χ0) is 23.7. The number of hydrogen-bond donors (Lipinski definition) is 3. The number of hydrogen-bond acceptors (Lipinski definition) is 8. The van der Waals surface area contributed by atoms with E-state index in [1.165, 1.54) is 13.3 Å². The molecule has 0 spiro atoms. The second-order valence-electron chi connectivity index (χ2n) is 7.21. The highest BCUT2D eigenvalue weighted by atomic mass is 35.5. The van der Waals surface area contributed by atoms with Crippen molar-refractivity contribution < 1.29 is 23.5 Å². The molecule has 2 atom stereocenters. The molecule has 4 rings (SSSR count). The zero-order valence-electron chi connectivity index (χ0n) is 17.4. The van der Waals surface area contributed by atoms with Crippen LogP contribution in [0, 0.1) is 6.92 Å². The predicted octanol–water partition coefficient (Wildman–Crippen LogP) is 3.97. The monoisotopic (exact) mass is 516 g/mol. The van der Waals surface area contributed by atoms with E-state index in [1.807, 2.05) is 0 Å². The first-order valence-electron chi connectivity index (χ1n) is 9.78. The van der Waals surface area contributed by atoms with Gasteiger partial charge in [-0.1, -0.05) is 34.5 Å². The number of imidazole rings is 1. The fourth-order valence-electron chi connectivity index (χ4n) is 3.37. The van der Waals surface area contributed by atoms with E-state index in [-0.39, 0.29) is 27.3 Å². The van der Waals surface area contributed by atoms with Gasteiger partial charge in [-0.05, 0) is 13.3 Å². The summed E-state index contributed by atoms with van der Waals surface area (Å²) in [6.45, 7) is 2.07. The summed E-state index contributed by atoms with van der Waals surface area (Å²) in [5, 5.41) is 3.66. The number of methoxy groups -OCH3 is 1. The van der Waals surface area contributed by atoms with Gasteiger partial charge in [-0.3, -0.25) is 4.79 Å². The number of nitrogens with one attached hydrogen (secondary N) is 3. The molecule has 14 heteroatoms. The van der Waals surface area contributed by atoms with Gasteiger partial charge in [0.05, 0.1) is 29.7 Å². The van der Waals surface area contributed by atoms with Crippen LogP contribution < -0.4 is 15.0 Å². The van der Waals surface area contributed by atoms with Crippen LogP contribution in [0.25, 0.3) is 11.5 Å². The van der Waals surface area contributed by atoms with Crippen LogP contribution in [0.4, 0.5) is 14.3 Å². The van der Waals surface area contributed by atoms with Gasteiger partial charge >= 0.3 is 6.16 Å². The molecule has 0 aromatic carbocycles. The van der Waals surface area contributed by atoms with Crippen LogP contribution in [-0.2, 0) is 4.74 Å². The number of alkyl halides is 1. The Kier molecular flexibility index (Phi) is 6.77. The minimum Gasteiger partial charge on any atom is -0.437 e. The lowest BCUT2D eigenvalue weighted by Gasteiger charge is -2.34. The molecule has 1 amide bonds. The molecule has 1 saturated heterocycles. The summed E-state index contributed by atoms with van der Waals surface area (Å²) in [6, 6.07) is -0.720. The molecule has 0 unspecified atom stereocenters. The highest BCUT2D eigenvalue weighted by Gasteiger charge is 2.34. The second kappa shape index (κ2) is 9.57. The number of piperidine rings is 1. The van der Waals surface area contributed by atoms with Crippen molar-refractivity contribution in [3.05, 3.63) is 33.8 Å². The molecule has 3 aromatic heterocycles. The van der Waals surface area contributed by atoms with Crippen LogP contribution in [0.1, 0.15) is 22.6 Å². The van der Waals surface area contributed by atoms with Crippen molar-refractivity contribution in [3.63, 3.8) is 0 Å². The van der Waals surface area contributed by atoms with Crippen LogP contribution in [0.15, 0.2) is 12.4 Å². The van der Waals surface area contributed by atoms with Crippen molar-refractivity contribution in [2.45, 2.75) is 25.6 Å². The number of aromatic amines is 2. The fraction of sp³-hybridized carbons (Fsp3) is 0.368. The van der Waals surface area contributed by atoms with Crippen LogP contribution in [-0.4, -0.2) is 64.4 Å². The lowest BCUT2D eigenvalue weighted by atomic mass is 10.0. The van der Waals surface area contributed by atoms with Gasteiger partial charge in [0.2, 0.25) is 5.06 Å². The normalized spacial score (nSPS) is 18.3. The molecule has 10 nitrogen and oxygen atoms in total. The summed E-state index contributed by atoms with van der Waals surface area (Å²) in [5.41, 5.74) is 0.964. The molecular formula is C19H19Cl2FN6O4S. The largest absolute Gasteiger partial charge is 0.514 e. The van der Waals surface area contributed by atoms with Gasteiger partial charge in [0.1, 0.15) is 11.9 Å². The van der Waals surface area contributed by atoms with Gasteiger partial charge < -0.3 is 29.7 Å². The molecule has 0 aliphatic carbocycles. The molecule has 3 aromatic rings. The first-order valence-corrected chi connectivity index (χ1v) is 11.4. The first kappa shape index (κ1) is 23.3. The maximum Gasteiger partial charge on any atom is 0.514 e. The SMILES string of the molecule is COC(=O)Oc1sc(N2CC[C@@H](NC(=O)c3[nH]c(C)c(Cl)c3Cl)[C@@H](F)C2)nc1-c1ncc[nH]1. The summed E-state index contributed by atoms with van der Waals surface area (Å²) >= 11 is 13.2. The number of anilines is 1. The van der Waals surface area contributed by atoms with E-state index in [0.29, 0.717) is 35.3 Å². The van der Waals surface area contributed by atoms with E-state index in [0.717, 1.165) is 11.3 Å². The molecule has 1 fully saturated rings. The summed E-state index contributed by atoms with van der Waals surface area (Å²) in [7, 11) is 1.19. The van der Waals surface area contributed by atoms with Crippen molar-refractivity contribution >= 4 is 51.7 Å². The van der Waals surface area contributed by atoms with E-state index in [2.05, 4.69) is 30.0 Å². The summed E-state index contributed by atoms with van der Waals surface area (Å²) in [5.74, 6) is -0.133. The van der Waals surface area contributed by atoms with E-state index in [1.54, 1.807) is 18.0 Å². The molecular weight excluding hydrogens is 498 g/mol. The van der Waals surface area contributed by atoms with Gasteiger partial charge in [-0.15, -0.1) is 0 Å². The van der Waals surface area contributed by atoms with E-state index in [4.69, 9.17) is 27.9 Å². The standard InChI is InChI=1S/C19H19Cl2FN6O4S/c1-8-11(20)12(21)13(25-8)16(29)26-10-3-6-28(7-9(10)22)18-27-14(15-23-4-5-24-15)17(33-18)32-19(30)31-2/h4-5,9-10,25H,3,6-7H2,1-2H3,(H,23,24)(H,26,29)/t9-,10+/m0/s1. The Morgan fingerprint density at radius 3 is 2.76 bits per heavy atom. The van der Waals surface area contributed by atoms with Crippen molar-refractivity contribution in [3.8, 4) is 16.6 Å². The number of ether oxygens (including phenoxy) is 2. The maximum absolute atomic E-state index is 15.0. The number of aromatic nitrogens is 4. The average Bonchev–Trinajstić information content (AvgIpc) is 3.52. The molecule has 3 N–H and O–H groups in total. The molecule has 1 aliphatic heterocycles. The Bertz CT molecular complexity index is 1170.